The number of ether oxygens (including phenoxy) is 3. The fraction of sp³-hybridized carbons (Fsp3) is 0.385. The van der Waals surface area contributed by atoms with Gasteiger partial charge in [-0.05, 0) is 88.6 Å². The van der Waals surface area contributed by atoms with Gasteiger partial charge in [-0.3, -0.25) is 0 Å². The highest BCUT2D eigenvalue weighted by Crippen LogP contribution is 2.35. The van der Waals surface area contributed by atoms with Crippen LogP contribution in [0.15, 0.2) is 48.6 Å². The molecule has 1 aliphatic rings. The second kappa shape index (κ2) is 10.8. The molecule has 0 spiro atoms. The van der Waals surface area contributed by atoms with Crippen LogP contribution in [0.2, 0.25) is 0 Å². The molecule has 6 nitrogen and oxygen atoms in total. The molecule has 3 rings (SSSR count). The molecule has 32 heavy (non-hydrogen) atoms. The fourth-order valence-corrected chi connectivity index (χ4v) is 3.34. The van der Waals surface area contributed by atoms with Crippen LogP contribution in [0.1, 0.15) is 66.5 Å². The third-order valence-electron chi connectivity index (χ3n) is 4.66. The van der Waals surface area contributed by atoms with E-state index in [0.717, 1.165) is 23.3 Å². The average molecular weight is 441 g/mol. The Kier molecular flexibility index (Phi) is 8.47. The molecular formula is C26H32O6. The number of carbonyl (C=O) groups is 2. The lowest BCUT2D eigenvalue weighted by Crippen LogP contribution is -2.24. The van der Waals surface area contributed by atoms with Gasteiger partial charge in [0.05, 0.1) is 24.3 Å². The van der Waals surface area contributed by atoms with Gasteiger partial charge < -0.3 is 19.3 Å². The number of hydrogen-bond donors (Lipinski definition) is 1. The number of rotatable bonds is 6. The minimum atomic E-state index is -0.370. The first-order chi connectivity index (χ1) is 15.1. The Hall–Kier alpha value is -3.28. The Morgan fingerprint density at radius 3 is 2.16 bits per heavy atom. The molecule has 0 saturated carbocycles. The molecule has 1 aliphatic heterocycles. The van der Waals surface area contributed by atoms with Gasteiger partial charge in [0.25, 0.3) is 0 Å². The molecule has 0 aliphatic carbocycles. The first-order valence-corrected chi connectivity index (χ1v) is 10.7. The summed E-state index contributed by atoms with van der Waals surface area (Å²) in [6.07, 6.45) is 1.38. The molecule has 0 unspecified atom stereocenters. The zero-order valence-corrected chi connectivity index (χ0v) is 19.5. The summed E-state index contributed by atoms with van der Waals surface area (Å²) in [6.45, 7) is 14.0. The van der Waals surface area contributed by atoms with Crippen LogP contribution >= 0.6 is 0 Å². The van der Waals surface area contributed by atoms with E-state index in [2.05, 4.69) is 6.58 Å². The van der Waals surface area contributed by atoms with Crippen LogP contribution in [0, 0.1) is 0 Å². The quantitative estimate of drug-likeness (QED) is 0.487. The van der Waals surface area contributed by atoms with Crippen LogP contribution in [-0.4, -0.2) is 35.9 Å². The van der Waals surface area contributed by atoms with Gasteiger partial charge in [0, 0.05) is 6.42 Å². The van der Waals surface area contributed by atoms with Gasteiger partial charge in [0.15, 0.2) is 0 Å². The number of hydrogen-bond acceptors (Lipinski definition) is 6. The van der Waals surface area contributed by atoms with Gasteiger partial charge >= 0.3 is 11.9 Å². The summed E-state index contributed by atoms with van der Waals surface area (Å²) in [7, 11) is 0. The lowest BCUT2D eigenvalue weighted by atomic mass is 10.0. The van der Waals surface area contributed by atoms with Gasteiger partial charge in [-0.15, -0.1) is 0 Å². The van der Waals surface area contributed by atoms with Crippen LogP contribution in [0.3, 0.4) is 0 Å². The Balaban J connectivity index is 0.000000227. The molecule has 0 saturated heterocycles. The maximum atomic E-state index is 11.5. The van der Waals surface area contributed by atoms with Crippen LogP contribution in [0.25, 0.3) is 0 Å². The lowest BCUT2D eigenvalue weighted by Gasteiger charge is -2.16. The lowest BCUT2D eigenvalue weighted by molar-refractivity contribution is 0.0516. The number of allylic oxidation sites excluding steroid dienone is 1. The molecule has 1 heterocycles. The van der Waals surface area contributed by atoms with E-state index in [1.165, 1.54) is 6.07 Å². The third-order valence-corrected chi connectivity index (χ3v) is 4.66. The maximum Gasteiger partial charge on any atom is 0.338 e. The molecule has 1 N–H and O–H groups in total. The van der Waals surface area contributed by atoms with Crippen LogP contribution in [0.5, 0.6) is 11.5 Å². The van der Waals surface area contributed by atoms with Crippen LogP contribution < -0.4 is 4.74 Å². The molecule has 172 valence electrons. The second-order valence-corrected chi connectivity index (χ2v) is 8.28. The zero-order chi connectivity index (χ0) is 23.9. The number of phenolic OH excluding ortho intramolecular Hbond substituents is 1. The number of phenols is 1. The van der Waals surface area contributed by atoms with Crippen molar-refractivity contribution < 1.29 is 28.9 Å². The van der Waals surface area contributed by atoms with E-state index in [0.29, 0.717) is 36.3 Å². The predicted molar refractivity (Wildman–Crippen MR) is 123 cm³/mol. The third kappa shape index (κ3) is 6.87. The van der Waals surface area contributed by atoms with E-state index in [9.17, 15) is 14.7 Å². The summed E-state index contributed by atoms with van der Waals surface area (Å²) < 4.78 is 15.6. The van der Waals surface area contributed by atoms with Crippen molar-refractivity contribution in [2.24, 2.45) is 0 Å². The largest absolute Gasteiger partial charge is 0.508 e. The number of fused-ring (bicyclic) bond motifs is 1. The number of aromatic hydroxyl groups is 1. The average Bonchev–Trinajstić information content (AvgIpc) is 3.03. The Morgan fingerprint density at radius 2 is 1.59 bits per heavy atom. The van der Waals surface area contributed by atoms with Gasteiger partial charge in [-0.1, -0.05) is 12.2 Å². The summed E-state index contributed by atoms with van der Waals surface area (Å²) in [5, 5.41) is 9.60. The SMILES string of the molecule is C=C(C)Cc1cc(C(=O)OCC)ccc1O.CCOC(=O)c1ccc2c(c1)CC(C)(C)O2. The van der Waals surface area contributed by atoms with Gasteiger partial charge in [-0.25, -0.2) is 9.59 Å². The minimum Gasteiger partial charge on any atom is -0.508 e. The molecule has 0 aromatic heterocycles. The maximum absolute atomic E-state index is 11.5. The van der Waals surface area contributed by atoms with Crippen molar-refractivity contribution in [1.29, 1.82) is 0 Å². The molecule has 2 aromatic rings. The number of benzene rings is 2. The first-order valence-electron chi connectivity index (χ1n) is 10.7. The molecule has 0 bridgehead atoms. The summed E-state index contributed by atoms with van der Waals surface area (Å²) in [5.74, 6) is 0.412. The van der Waals surface area contributed by atoms with E-state index in [1.54, 1.807) is 32.0 Å². The molecular weight excluding hydrogens is 408 g/mol. The normalized spacial score (nSPS) is 13.2. The minimum absolute atomic E-state index is 0.171. The van der Waals surface area contributed by atoms with E-state index in [1.807, 2.05) is 32.9 Å². The van der Waals surface area contributed by atoms with Crippen molar-refractivity contribution in [2.45, 2.75) is 53.1 Å². The summed E-state index contributed by atoms with van der Waals surface area (Å²) >= 11 is 0. The van der Waals surface area contributed by atoms with Crippen molar-refractivity contribution in [3.8, 4) is 11.5 Å². The highest BCUT2D eigenvalue weighted by molar-refractivity contribution is 5.90. The summed E-state index contributed by atoms with van der Waals surface area (Å²) in [4.78, 5) is 23.0. The van der Waals surface area contributed by atoms with Crippen molar-refractivity contribution in [3.05, 3.63) is 70.8 Å². The van der Waals surface area contributed by atoms with Gasteiger partial charge in [0.2, 0.25) is 0 Å². The van der Waals surface area contributed by atoms with E-state index in [4.69, 9.17) is 14.2 Å². The van der Waals surface area contributed by atoms with Crippen molar-refractivity contribution >= 4 is 11.9 Å². The van der Waals surface area contributed by atoms with Gasteiger partial charge in [-0.2, -0.15) is 0 Å². The van der Waals surface area contributed by atoms with E-state index < -0.39 is 0 Å². The molecule has 0 fully saturated rings. The summed E-state index contributed by atoms with van der Waals surface area (Å²) in [5.41, 5.74) is 3.58. The zero-order valence-electron chi connectivity index (χ0n) is 19.5. The summed E-state index contributed by atoms with van der Waals surface area (Å²) in [6, 6.07) is 10.2. The molecule has 0 radical (unpaired) electrons. The first kappa shape index (κ1) is 25.0. The second-order valence-electron chi connectivity index (χ2n) is 8.28. The highest BCUT2D eigenvalue weighted by Gasteiger charge is 2.30. The van der Waals surface area contributed by atoms with E-state index in [-0.39, 0.29) is 23.3 Å². The Morgan fingerprint density at radius 1 is 1.03 bits per heavy atom. The Labute approximate surface area is 189 Å². The topological polar surface area (TPSA) is 82.1 Å². The highest BCUT2D eigenvalue weighted by atomic mass is 16.5. The number of esters is 2. The monoisotopic (exact) mass is 440 g/mol. The standard InChI is InChI=1S/2C13H16O3/c1-4-15-12(14)9-5-6-11-10(7-9)8-13(2,3)16-11;1-4-16-13(15)10-5-6-12(14)11(8-10)7-9(2)3/h5-7H,4,8H2,1-3H3;5-6,8,14H,2,4,7H2,1,3H3. The fourth-order valence-electron chi connectivity index (χ4n) is 3.34. The molecule has 0 atom stereocenters. The number of carbonyl (C=O) groups excluding carboxylic acids is 2. The molecule has 6 heteroatoms. The predicted octanol–water partition coefficient (Wildman–Crippen LogP) is 5.26. The van der Waals surface area contributed by atoms with Crippen LogP contribution in [-0.2, 0) is 22.3 Å². The van der Waals surface area contributed by atoms with E-state index >= 15 is 0 Å². The Bertz CT molecular complexity index is 990. The molecule has 0 amide bonds. The van der Waals surface area contributed by atoms with Crippen LogP contribution in [0.4, 0.5) is 0 Å². The smallest absolute Gasteiger partial charge is 0.338 e. The van der Waals surface area contributed by atoms with Crippen molar-refractivity contribution in [1.82, 2.24) is 0 Å². The van der Waals surface area contributed by atoms with Gasteiger partial charge in [0.1, 0.15) is 17.1 Å². The molecule has 2 aromatic carbocycles. The van der Waals surface area contributed by atoms with Crippen molar-refractivity contribution in [3.63, 3.8) is 0 Å². The van der Waals surface area contributed by atoms with Crippen molar-refractivity contribution in [2.75, 3.05) is 13.2 Å².